The molecular weight excluding hydrogens is 314 g/mol. The number of nitrogens with zero attached hydrogens (tertiary/aromatic N) is 4. The Labute approximate surface area is 149 Å². The summed E-state index contributed by atoms with van der Waals surface area (Å²) < 4.78 is 1.80. The van der Waals surface area contributed by atoms with Gasteiger partial charge < -0.3 is 10.2 Å². The van der Waals surface area contributed by atoms with Gasteiger partial charge in [-0.1, -0.05) is 6.92 Å². The number of carbonyl (C=O) groups excluding carboxylic acids is 1. The summed E-state index contributed by atoms with van der Waals surface area (Å²) in [7, 11) is 0. The van der Waals surface area contributed by atoms with Crippen molar-refractivity contribution in [1.82, 2.24) is 25.0 Å². The number of aromatic nitrogens is 3. The Morgan fingerprint density at radius 3 is 2.60 bits per heavy atom. The molecule has 0 aliphatic carbocycles. The highest BCUT2D eigenvalue weighted by Crippen LogP contribution is 2.19. The summed E-state index contributed by atoms with van der Waals surface area (Å²) in [5.41, 5.74) is 2.64. The predicted molar refractivity (Wildman–Crippen MR) is 98.0 cm³/mol. The monoisotopic (exact) mass is 341 g/mol. The topological polar surface area (TPSA) is 63.1 Å². The number of aryl methyl sites for hydroxylation is 2. The predicted octanol–water partition coefficient (Wildman–Crippen LogP) is 2.35. The molecule has 3 heterocycles. The van der Waals surface area contributed by atoms with E-state index < -0.39 is 0 Å². The summed E-state index contributed by atoms with van der Waals surface area (Å²) in [6.45, 7) is 9.80. The van der Waals surface area contributed by atoms with E-state index in [4.69, 9.17) is 0 Å². The van der Waals surface area contributed by atoms with Gasteiger partial charge in [0.05, 0.1) is 11.3 Å². The molecule has 0 bridgehead atoms. The summed E-state index contributed by atoms with van der Waals surface area (Å²) in [5.74, 6) is 1.50. The molecule has 1 saturated heterocycles. The van der Waals surface area contributed by atoms with Crippen molar-refractivity contribution < 1.29 is 4.79 Å². The van der Waals surface area contributed by atoms with Crippen LogP contribution in [0, 0.1) is 19.8 Å². The second-order valence-electron chi connectivity index (χ2n) is 6.79. The third-order valence-corrected chi connectivity index (χ3v) is 4.81. The number of piperidine rings is 1. The standard InChI is InChI=1S/C19H27N5O/c1-4-20-12-16-7-9-23(10-8-16)19(25)17-5-6-18(21-13-17)24-15(3)11-14(2)22-24/h5-6,11,13,16,20H,4,7-10,12H2,1-3H3. The van der Waals surface area contributed by atoms with Crippen LogP contribution < -0.4 is 5.32 Å². The van der Waals surface area contributed by atoms with E-state index in [2.05, 4.69) is 22.3 Å². The number of hydrogen-bond acceptors (Lipinski definition) is 4. The molecule has 1 fully saturated rings. The van der Waals surface area contributed by atoms with Crippen molar-refractivity contribution in [2.75, 3.05) is 26.2 Å². The molecule has 134 valence electrons. The van der Waals surface area contributed by atoms with Crippen molar-refractivity contribution in [3.05, 3.63) is 41.3 Å². The van der Waals surface area contributed by atoms with E-state index in [0.29, 0.717) is 11.5 Å². The lowest BCUT2D eigenvalue weighted by molar-refractivity contribution is 0.0690. The van der Waals surface area contributed by atoms with Crippen LogP contribution in [0.15, 0.2) is 24.4 Å². The van der Waals surface area contributed by atoms with Crippen molar-refractivity contribution >= 4 is 5.91 Å². The van der Waals surface area contributed by atoms with Gasteiger partial charge in [0.25, 0.3) is 5.91 Å². The largest absolute Gasteiger partial charge is 0.339 e. The number of pyridine rings is 1. The molecule has 2 aromatic heterocycles. The molecule has 1 amide bonds. The van der Waals surface area contributed by atoms with Gasteiger partial charge in [0, 0.05) is 25.0 Å². The second-order valence-corrected chi connectivity index (χ2v) is 6.79. The lowest BCUT2D eigenvalue weighted by Gasteiger charge is -2.32. The minimum absolute atomic E-state index is 0.0781. The van der Waals surface area contributed by atoms with E-state index in [1.54, 1.807) is 10.9 Å². The maximum Gasteiger partial charge on any atom is 0.255 e. The summed E-state index contributed by atoms with van der Waals surface area (Å²) in [6.07, 6.45) is 3.80. The number of hydrogen-bond donors (Lipinski definition) is 1. The third-order valence-electron chi connectivity index (χ3n) is 4.81. The summed E-state index contributed by atoms with van der Waals surface area (Å²) in [4.78, 5) is 19.1. The first kappa shape index (κ1) is 17.6. The van der Waals surface area contributed by atoms with Gasteiger partial charge in [-0.2, -0.15) is 5.10 Å². The molecule has 1 aliphatic rings. The van der Waals surface area contributed by atoms with Crippen LogP contribution in [0.1, 0.15) is 41.5 Å². The Balaban J connectivity index is 1.63. The zero-order valence-corrected chi connectivity index (χ0v) is 15.3. The maximum atomic E-state index is 12.7. The van der Waals surface area contributed by atoms with Crippen LogP contribution in [0.2, 0.25) is 0 Å². The fourth-order valence-corrected chi connectivity index (χ4v) is 3.37. The molecule has 0 spiro atoms. The molecule has 25 heavy (non-hydrogen) atoms. The highest BCUT2D eigenvalue weighted by molar-refractivity contribution is 5.94. The highest BCUT2D eigenvalue weighted by Gasteiger charge is 2.23. The average molecular weight is 341 g/mol. The lowest BCUT2D eigenvalue weighted by Crippen LogP contribution is -2.40. The fourth-order valence-electron chi connectivity index (χ4n) is 3.37. The normalized spacial score (nSPS) is 15.6. The third kappa shape index (κ3) is 4.07. The first-order valence-corrected chi connectivity index (χ1v) is 9.08. The number of nitrogens with one attached hydrogen (secondary N) is 1. The molecular formula is C19H27N5O. The van der Waals surface area contributed by atoms with Crippen LogP contribution in [0.5, 0.6) is 0 Å². The molecule has 3 rings (SSSR count). The van der Waals surface area contributed by atoms with Gasteiger partial charge in [0.15, 0.2) is 5.82 Å². The molecule has 1 N–H and O–H groups in total. The van der Waals surface area contributed by atoms with Crippen molar-refractivity contribution in [2.24, 2.45) is 5.92 Å². The molecule has 1 aliphatic heterocycles. The van der Waals surface area contributed by atoms with Gasteiger partial charge in [-0.3, -0.25) is 4.79 Å². The lowest BCUT2D eigenvalue weighted by atomic mass is 9.96. The van der Waals surface area contributed by atoms with Crippen molar-refractivity contribution in [1.29, 1.82) is 0 Å². The summed E-state index contributed by atoms with van der Waals surface area (Å²) in [5, 5.41) is 7.83. The van der Waals surface area contributed by atoms with Crippen LogP contribution >= 0.6 is 0 Å². The second kappa shape index (κ2) is 7.78. The molecule has 0 saturated carbocycles. The first-order chi connectivity index (χ1) is 12.1. The summed E-state index contributed by atoms with van der Waals surface area (Å²) in [6, 6.07) is 5.73. The zero-order valence-electron chi connectivity index (χ0n) is 15.3. The van der Waals surface area contributed by atoms with E-state index in [0.717, 1.165) is 56.2 Å². The molecule has 6 heteroatoms. The molecule has 0 aromatic carbocycles. The highest BCUT2D eigenvalue weighted by atomic mass is 16.2. The van der Waals surface area contributed by atoms with Gasteiger partial charge in [-0.25, -0.2) is 9.67 Å². The molecule has 6 nitrogen and oxygen atoms in total. The average Bonchev–Trinajstić information content (AvgIpc) is 2.98. The summed E-state index contributed by atoms with van der Waals surface area (Å²) >= 11 is 0. The molecule has 0 radical (unpaired) electrons. The molecule has 0 atom stereocenters. The number of amides is 1. The number of carbonyl (C=O) groups is 1. The zero-order chi connectivity index (χ0) is 17.8. The SMILES string of the molecule is CCNCC1CCN(C(=O)c2ccc(-n3nc(C)cc3C)nc2)CC1. The number of likely N-dealkylation sites (tertiary alicyclic amines) is 1. The van der Waals surface area contributed by atoms with Gasteiger partial charge >= 0.3 is 0 Å². The Morgan fingerprint density at radius 1 is 1.28 bits per heavy atom. The van der Waals surface area contributed by atoms with Crippen LogP contribution in [0.25, 0.3) is 5.82 Å². The van der Waals surface area contributed by atoms with Gasteiger partial charge in [-0.15, -0.1) is 0 Å². The van der Waals surface area contributed by atoms with Crippen LogP contribution in [-0.2, 0) is 0 Å². The Bertz CT molecular complexity index is 714. The van der Waals surface area contributed by atoms with Crippen molar-refractivity contribution in [2.45, 2.75) is 33.6 Å². The minimum Gasteiger partial charge on any atom is -0.339 e. The molecule has 0 unspecified atom stereocenters. The van der Waals surface area contributed by atoms with E-state index in [1.807, 2.05) is 36.9 Å². The minimum atomic E-state index is 0.0781. The van der Waals surface area contributed by atoms with Gasteiger partial charge in [0.2, 0.25) is 0 Å². The maximum absolute atomic E-state index is 12.7. The van der Waals surface area contributed by atoms with E-state index >= 15 is 0 Å². The van der Waals surface area contributed by atoms with Gasteiger partial charge in [-0.05, 0) is 63.9 Å². The van der Waals surface area contributed by atoms with E-state index in [1.165, 1.54) is 0 Å². The van der Waals surface area contributed by atoms with Gasteiger partial charge in [0.1, 0.15) is 0 Å². The van der Waals surface area contributed by atoms with E-state index in [-0.39, 0.29) is 5.91 Å². The fraction of sp³-hybridized carbons (Fsp3) is 0.526. The smallest absolute Gasteiger partial charge is 0.255 e. The Kier molecular flexibility index (Phi) is 5.48. The van der Waals surface area contributed by atoms with Crippen LogP contribution in [0.4, 0.5) is 0 Å². The number of rotatable bonds is 5. The molecule has 2 aromatic rings. The van der Waals surface area contributed by atoms with E-state index in [9.17, 15) is 4.79 Å². The van der Waals surface area contributed by atoms with Crippen LogP contribution in [-0.4, -0.2) is 51.8 Å². The Hall–Kier alpha value is -2.21. The first-order valence-electron chi connectivity index (χ1n) is 9.08. The van der Waals surface area contributed by atoms with Crippen LogP contribution in [0.3, 0.4) is 0 Å². The quantitative estimate of drug-likeness (QED) is 0.907. The van der Waals surface area contributed by atoms with Crippen molar-refractivity contribution in [3.8, 4) is 5.82 Å². The van der Waals surface area contributed by atoms with Crippen molar-refractivity contribution in [3.63, 3.8) is 0 Å². The Morgan fingerprint density at radius 2 is 2.04 bits per heavy atom.